The van der Waals surface area contributed by atoms with E-state index >= 15 is 0 Å². The van der Waals surface area contributed by atoms with Gasteiger partial charge in [0.1, 0.15) is 12.1 Å². The normalized spacial score (nSPS) is 27.8. The van der Waals surface area contributed by atoms with Crippen molar-refractivity contribution >= 4 is 11.9 Å². The molecule has 0 amide bonds. The van der Waals surface area contributed by atoms with Gasteiger partial charge in [-0.15, -0.1) is 0 Å². The summed E-state index contributed by atoms with van der Waals surface area (Å²) in [5.41, 5.74) is 0.461. The summed E-state index contributed by atoms with van der Waals surface area (Å²) in [5.74, 6) is -0.930. The second-order valence-electron chi connectivity index (χ2n) is 6.51. The fourth-order valence-corrected chi connectivity index (χ4v) is 3.08. The molecule has 0 bridgehead atoms. The van der Waals surface area contributed by atoms with Crippen LogP contribution in [0.1, 0.15) is 43.0 Å². The van der Waals surface area contributed by atoms with Crippen LogP contribution in [0.25, 0.3) is 0 Å². The minimum absolute atomic E-state index is 0.307. The minimum Gasteiger partial charge on any atom is -0.467 e. The Balaban J connectivity index is 1.70. The summed E-state index contributed by atoms with van der Waals surface area (Å²) in [6.07, 6.45) is 0.607. The van der Waals surface area contributed by atoms with E-state index in [1.807, 2.05) is 6.07 Å². The molecule has 8 nitrogen and oxygen atoms in total. The summed E-state index contributed by atoms with van der Waals surface area (Å²) >= 11 is 0. The summed E-state index contributed by atoms with van der Waals surface area (Å²) in [6.45, 7) is 2.59. The molecule has 0 radical (unpaired) electrons. The van der Waals surface area contributed by atoms with Gasteiger partial charge in [-0.3, -0.25) is 4.84 Å². The predicted octanol–water partition coefficient (Wildman–Crippen LogP) is 2.24. The second kappa shape index (κ2) is 9.27. The average molecular weight is 379 g/mol. The fraction of sp³-hybridized carbons (Fsp3) is 0.579. The molecule has 1 aromatic rings. The highest BCUT2D eigenvalue weighted by molar-refractivity contribution is 5.89. The number of carbonyl (C=O) groups excluding carboxylic acids is 2. The zero-order valence-electron chi connectivity index (χ0n) is 15.5. The number of hydrogen-bond acceptors (Lipinski definition) is 8. The highest BCUT2D eigenvalue weighted by Crippen LogP contribution is 2.34. The van der Waals surface area contributed by atoms with E-state index in [1.165, 1.54) is 12.3 Å². The number of ether oxygens (including phenoxy) is 3. The van der Waals surface area contributed by atoms with Gasteiger partial charge in [-0.25, -0.2) is 14.4 Å². The molecular formula is C19H25NO7. The third-order valence-electron chi connectivity index (χ3n) is 4.57. The maximum absolute atomic E-state index is 12.5. The van der Waals surface area contributed by atoms with Gasteiger partial charge < -0.3 is 14.2 Å². The summed E-state index contributed by atoms with van der Waals surface area (Å²) in [5, 5.41) is 1.23. The highest BCUT2D eigenvalue weighted by Gasteiger charge is 2.50. The Morgan fingerprint density at radius 1 is 1.19 bits per heavy atom. The molecule has 0 unspecified atom stereocenters. The Kier molecular flexibility index (Phi) is 6.78. The van der Waals surface area contributed by atoms with E-state index in [4.69, 9.17) is 23.9 Å². The lowest BCUT2D eigenvalue weighted by Gasteiger charge is -2.37. The number of rotatable bonds is 7. The van der Waals surface area contributed by atoms with Crippen LogP contribution in [0.4, 0.5) is 0 Å². The van der Waals surface area contributed by atoms with Crippen LogP contribution in [0.5, 0.6) is 0 Å². The van der Waals surface area contributed by atoms with Crippen LogP contribution in [0.2, 0.25) is 0 Å². The average Bonchev–Trinajstić information content (AvgIpc) is 3.13. The zero-order valence-corrected chi connectivity index (χ0v) is 15.5. The van der Waals surface area contributed by atoms with Crippen molar-refractivity contribution in [1.82, 2.24) is 5.23 Å². The van der Waals surface area contributed by atoms with Gasteiger partial charge in [0.05, 0.1) is 12.7 Å². The van der Waals surface area contributed by atoms with Gasteiger partial charge in [-0.2, -0.15) is 0 Å². The number of esters is 2. The number of fused-ring (bicyclic) bond motifs is 1. The van der Waals surface area contributed by atoms with Gasteiger partial charge in [0, 0.05) is 19.4 Å². The highest BCUT2D eigenvalue weighted by atomic mass is 17.0. The molecule has 3 rings (SSSR count). The lowest BCUT2D eigenvalue weighted by atomic mass is 10.0. The van der Waals surface area contributed by atoms with Crippen molar-refractivity contribution in [2.24, 2.45) is 0 Å². The van der Waals surface area contributed by atoms with E-state index < -0.39 is 36.5 Å². The van der Waals surface area contributed by atoms with Gasteiger partial charge in [0.2, 0.25) is 0 Å². The minimum atomic E-state index is -0.799. The molecule has 2 aliphatic heterocycles. The van der Waals surface area contributed by atoms with E-state index in [-0.39, 0.29) is 0 Å². The number of hydrogen-bond donors (Lipinski definition) is 0. The lowest BCUT2D eigenvalue weighted by Crippen LogP contribution is -2.50. The standard InChI is InChI=1S/C19H25NO7/c1-3-4-10-24-17-12-15(25-18(21)13-8-6-5-7-9-13)14-11-16(19(22)23-2)26-20(14)27-17/h5-9,14-17H,3-4,10-12H2,1-2H3/t14-,15+,16-,17+/m0/s1. The monoisotopic (exact) mass is 379 g/mol. The molecule has 1 aromatic carbocycles. The van der Waals surface area contributed by atoms with E-state index in [2.05, 4.69) is 6.92 Å². The molecule has 0 N–H and O–H groups in total. The van der Waals surface area contributed by atoms with E-state index in [0.29, 0.717) is 25.0 Å². The largest absolute Gasteiger partial charge is 0.467 e. The molecule has 4 atom stereocenters. The molecular weight excluding hydrogens is 354 g/mol. The third kappa shape index (κ3) is 4.84. The first-order chi connectivity index (χ1) is 13.1. The molecule has 8 heteroatoms. The summed E-state index contributed by atoms with van der Waals surface area (Å²) < 4.78 is 16.2. The van der Waals surface area contributed by atoms with E-state index in [0.717, 1.165) is 12.8 Å². The first-order valence-electron chi connectivity index (χ1n) is 9.20. The van der Waals surface area contributed by atoms with Crippen LogP contribution in [0.3, 0.4) is 0 Å². The van der Waals surface area contributed by atoms with Crippen molar-refractivity contribution in [2.45, 2.75) is 57.1 Å². The van der Waals surface area contributed by atoms with Crippen LogP contribution in [0, 0.1) is 0 Å². The zero-order chi connectivity index (χ0) is 19.2. The summed E-state index contributed by atoms with van der Waals surface area (Å²) in [6, 6.07) is 8.35. The molecule has 0 aliphatic carbocycles. The van der Waals surface area contributed by atoms with Crippen LogP contribution < -0.4 is 0 Å². The second-order valence-corrected chi connectivity index (χ2v) is 6.51. The summed E-state index contributed by atoms with van der Waals surface area (Å²) in [4.78, 5) is 35.5. The van der Waals surface area contributed by atoms with Crippen LogP contribution in [-0.4, -0.2) is 55.4 Å². The maximum Gasteiger partial charge on any atom is 0.338 e. The van der Waals surface area contributed by atoms with Gasteiger partial charge in [-0.05, 0) is 18.6 Å². The first kappa shape index (κ1) is 19.8. The van der Waals surface area contributed by atoms with Crippen molar-refractivity contribution in [2.75, 3.05) is 13.7 Å². The Morgan fingerprint density at radius 3 is 2.67 bits per heavy atom. The smallest absolute Gasteiger partial charge is 0.338 e. The Morgan fingerprint density at radius 2 is 1.96 bits per heavy atom. The number of methoxy groups -OCH3 is 1. The topological polar surface area (TPSA) is 83.5 Å². The number of unbranched alkanes of at least 4 members (excludes halogenated alkanes) is 1. The first-order valence-corrected chi connectivity index (χ1v) is 9.20. The van der Waals surface area contributed by atoms with Gasteiger partial charge >= 0.3 is 11.9 Å². The van der Waals surface area contributed by atoms with Gasteiger partial charge in [0.15, 0.2) is 12.4 Å². The van der Waals surface area contributed by atoms with Crippen LogP contribution in [0.15, 0.2) is 30.3 Å². The third-order valence-corrected chi connectivity index (χ3v) is 4.57. The number of nitrogens with zero attached hydrogens (tertiary/aromatic N) is 1. The van der Waals surface area contributed by atoms with Crippen molar-refractivity contribution < 1.29 is 33.5 Å². The van der Waals surface area contributed by atoms with Gasteiger partial charge in [-0.1, -0.05) is 36.8 Å². The van der Waals surface area contributed by atoms with E-state index in [9.17, 15) is 9.59 Å². The maximum atomic E-state index is 12.5. The molecule has 148 valence electrons. The van der Waals surface area contributed by atoms with Crippen molar-refractivity contribution in [3.63, 3.8) is 0 Å². The Labute approximate surface area is 158 Å². The van der Waals surface area contributed by atoms with Gasteiger partial charge in [0.25, 0.3) is 0 Å². The number of hydroxylamine groups is 2. The SMILES string of the molecule is CCCCO[C@H]1C[C@@H](OC(=O)c2ccccc2)[C@@H]2C[C@@H](C(=O)OC)ON2O1. The molecule has 0 saturated carbocycles. The molecule has 2 fully saturated rings. The molecule has 0 spiro atoms. The molecule has 2 heterocycles. The molecule has 2 saturated heterocycles. The van der Waals surface area contributed by atoms with Crippen LogP contribution in [-0.2, 0) is 28.7 Å². The van der Waals surface area contributed by atoms with Crippen molar-refractivity contribution in [3.05, 3.63) is 35.9 Å². The molecule has 27 heavy (non-hydrogen) atoms. The number of benzene rings is 1. The molecule has 0 aromatic heterocycles. The Hall–Kier alpha value is -2.00. The fourth-order valence-electron chi connectivity index (χ4n) is 3.08. The van der Waals surface area contributed by atoms with Crippen molar-refractivity contribution in [1.29, 1.82) is 0 Å². The Bertz CT molecular complexity index is 638. The van der Waals surface area contributed by atoms with E-state index in [1.54, 1.807) is 24.3 Å². The number of carbonyl (C=O) groups is 2. The van der Waals surface area contributed by atoms with Crippen LogP contribution >= 0.6 is 0 Å². The predicted molar refractivity (Wildman–Crippen MR) is 93.1 cm³/mol. The summed E-state index contributed by atoms with van der Waals surface area (Å²) in [7, 11) is 1.30. The lowest BCUT2D eigenvalue weighted by molar-refractivity contribution is -0.442. The van der Waals surface area contributed by atoms with Crippen molar-refractivity contribution in [3.8, 4) is 0 Å². The molecule has 2 aliphatic rings. The quantitative estimate of drug-likeness (QED) is 0.527.